The minimum absolute atomic E-state index is 0.199. The molecule has 0 fully saturated rings. The second-order valence-corrected chi connectivity index (χ2v) is 42.2. The highest BCUT2D eigenvalue weighted by molar-refractivity contribution is 7.27. The summed E-state index contributed by atoms with van der Waals surface area (Å²) in [5.41, 5.74) is 31.2. The van der Waals surface area contributed by atoms with Crippen molar-refractivity contribution in [3.63, 3.8) is 0 Å². The molecular formula is C138H83F2N7S3. The normalized spacial score (nSPS) is 12.1. The zero-order chi connectivity index (χ0) is 98.6. The van der Waals surface area contributed by atoms with Gasteiger partial charge in [-0.25, -0.2) is 8.78 Å². The number of hydrogen-bond donors (Lipinski definition) is 0. The Morgan fingerprint density at radius 3 is 0.780 bits per heavy atom. The van der Waals surface area contributed by atoms with Gasteiger partial charge in [0.05, 0.1) is 82.9 Å². The molecule has 0 unspecified atom stereocenters. The Morgan fingerprint density at radius 2 is 0.400 bits per heavy atom. The largest absolute Gasteiger partial charge is 0.309 e. The van der Waals surface area contributed by atoms with Crippen LogP contribution in [0.1, 0.15) is 0 Å². The number of rotatable bonds is 10. The lowest BCUT2D eigenvalue weighted by Gasteiger charge is -2.15. The standard InChI is InChI=1S/C54H33N3S.2C42H25FN2S/c1-2-15-35(16-3-1)55-46-26-11-6-20-42(46)51-48(55)33-49-52(53(51)57-44-24-9-4-17-38(44)39-18-5-10-25-45(39)57)43-21-7-12-27-47(43)56(49)36-31-29-34(30-32-36)37-22-14-23-41-40-19-8-13-28-50(40)58-54(37)41;43-27-22-33(42-36(23-27)32-14-6-9-17-41(32)46-42)26-18-20-29(21-19-26)45-38-16-8-5-13-31(38)35-24-34-30-12-4-7-15-37(30)44(39(34)25-40(35)45)28-10-2-1-3-11-28;43-27-19-22-41-36(23-27)33-14-8-13-30(42(33)46-41)26-17-20-29(21-18-26)45-38-16-7-5-12-32(38)35-24-34-31-11-4-6-15-37(31)44(39(34)25-40(35)45)28-9-2-1-3-10-28/h1-33H;2*1-25H. The zero-order valence-corrected chi connectivity index (χ0v) is 83.0. The third-order valence-corrected chi connectivity index (χ3v) is 34.6. The van der Waals surface area contributed by atoms with Crippen molar-refractivity contribution in [2.75, 3.05) is 0 Å². The lowest BCUT2D eigenvalue weighted by atomic mass is 10.0. The number of hydrogen-bond acceptors (Lipinski definition) is 3. The van der Waals surface area contributed by atoms with Crippen molar-refractivity contribution >= 4 is 247 Å². The molecule has 0 saturated heterocycles. The SMILES string of the molecule is Fc1cc(-c2ccc(-n3c4ccccc4c4cc5c6ccccc6n(-c6ccccc6)c5cc43)cc2)c2sc3ccccc3c2c1.Fc1ccc2sc3c(-c4ccc(-n5c6ccccc6c6cc7c8ccccc8n(-c8ccccc8)c7cc65)cc4)cccc3c2c1.c1ccc(-n2c3ccccc3c3c(-n4c5ccccc5c5ccccc54)c4c5ccccc5n(-c5ccc(-c6cccc7c6sc6ccccc67)cc5)c4cc32)cc1. The highest BCUT2D eigenvalue weighted by Gasteiger charge is 2.30. The number of fused-ring (bicyclic) bond motifs is 30. The van der Waals surface area contributed by atoms with Gasteiger partial charge in [-0.2, -0.15) is 0 Å². The van der Waals surface area contributed by atoms with E-state index in [0.717, 1.165) is 92.8 Å². The highest BCUT2D eigenvalue weighted by atomic mass is 32.1. The lowest BCUT2D eigenvalue weighted by Crippen LogP contribution is -1.99. The van der Waals surface area contributed by atoms with E-state index in [0.29, 0.717) is 0 Å². The van der Waals surface area contributed by atoms with E-state index < -0.39 is 0 Å². The molecule has 12 heteroatoms. The Hall–Kier alpha value is -18.8. The van der Waals surface area contributed by atoms with Crippen molar-refractivity contribution in [3.8, 4) is 73.2 Å². The quantitative estimate of drug-likeness (QED) is 0.131. The average Bonchev–Trinajstić information content (AvgIpc) is 1.52. The van der Waals surface area contributed by atoms with E-state index in [9.17, 15) is 8.78 Å². The van der Waals surface area contributed by atoms with Crippen LogP contribution in [0.3, 0.4) is 0 Å². The summed E-state index contributed by atoms with van der Waals surface area (Å²) in [6.45, 7) is 0. The Kier molecular flexibility index (Phi) is 19.3. The van der Waals surface area contributed by atoms with Crippen LogP contribution in [0.4, 0.5) is 8.78 Å². The highest BCUT2D eigenvalue weighted by Crippen LogP contribution is 2.52. The number of nitrogens with zero attached hydrogens (tertiary/aromatic N) is 7. The topological polar surface area (TPSA) is 34.5 Å². The van der Waals surface area contributed by atoms with Gasteiger partial charge in [-0.3, -0.25) is 0 Å². The van der Waals surface area contributed by atoms with Crippen LogP contribution >= 0.6 is 34.0 Å². The van der Waals surface area contributed by atoms with E-state index in [1.54, 1.807) is 46.9 Å². The Morgan fingerprint density at radius 1 is 0.140 bits per heavy atom. The molecule has 0 bridgehead atoms. The van der Waals surface area contributed by atoms with Crippen LogP contribution in [0.25, 0.3) is 286 Å². The fourth-order valence-electron chi connectivity index (χ4n) is 24.5. The van der Waals surface area contributed by atoms with Gasteiger partial charge in [0.25, 0.3) is 0 Å². The molecule has 33 rings (SSSR count). The van der Waals surface area contributed by atoms with Crippen LogP contribution in [0.2, 0.25) is 0 Å². The molecule has 0 aliphatic rings. The maximum atomic E-state index is 15.0. The first kappa shape index (κ1) is 85.6. The predicted octanol–water partition coefficient (Wildman–Crippen LogP) is 39.1. The second kappa shape index (κ2) is 33.9. The smallest absolute Gasteiger partial charge is 0.124 e. The summed E-state index contributed by atoms with van der Waals surface area (Å²) in [5, 5.41) is 24.1. The van der Waals surface area contributed by atoms with Gasteiger partial charge in [-0.15, -0.1) is 34.0 Å². The molecule has 0 aliphatic carbocycles. The van der Waals surface area contributed by atoms with E-state index in [-0.39, 0.29) is 11.6 Å². The van der Waals surface area contributed by atoms with Gasteiger partial charge in [0.15, 0.2) is 0 Å². The average molecular weight is 1970 g/mol. The summed E-state index contributed by atoms with van der Waals surface area (Å²) < 4.78 is 53.3. The van der Waals surface area contributed by atoms with Gasteiger partial charge >= 0.3 is 0 Å². The number of aromatic nitrogens is 7. The molecular weight excluding hydrogens is 1890 g/mol. The van der Waals surface area contributed by atoms with E-state index in [2.05, 4.69) is 493 Å². The van der Waals surface area contributed by atoms with Crippen molar-refractivity contribution in [2.45, 2.75) is 0 Å². The monoisotopic (exact) mass is 1970 g/mol. The Balaban J connectivity index is 0.000000102. The van der Waals surface area contributed by atoms with Crippen molar-refractivity contribution in [1.82, 2.24) is 32.0 Å². The van der Waals surface area contributed by atoms with Gasteiger partial charge < -0.3 is 32.0 Å². The number of thiophene rings is 3. The third kappa shape index (κ3) is 13.1. The molecule has 0 aliphatic heterocycles. The summed E-state index contributed by atoms with van der Waals surface area (Å²) in [7, 11) is 0. The third-order valence-electron chi connectivity index (χ3n) is 31.0. The number of halogens is 2. The van der Waals surface area contributed by atoms with Gasteiger partial charge in [0.1, 0.15) is 11.6 Å². The molecule has 10 aromatic heterocycles. The van der Waals surface area contributed by atoms with E-state index >= 15 is 0 Å². The second-order valence-electron chi connectivity index (χ2n) is 39.1. The minimum Gasteiger partial charge on any atom is -0.309 e. The van der Waals surface area contributed by atoms with Crippen LogP contribution in [0.5, 0.6) is 0 Å². The zero-order valence-electron chi connectivity index (χ0n) is 80.5. The molecule has 0 radical (unpaired) electrons. The molecule has 10 heterocycles. The lowest BCUT2D eigenvalue weighted by molar-refractivity contribution is 0.629. The van der Waals surface area contributed by atoms with Crippen molar-refractivity contribution in [1.29, 1.82) is 0 Å². The summed E-state index contributed by atoms with van der Waals surface area (Å²) >= 11 is 5.33. The fraction of sp³-hybridized carbons (Fsp3) is 0. The van der Waals surface area contributed by atoms with Crippen molar-refractivity contribution in [2.24, 2.45) is 0 Å². The number of benzene rings is 23. The molecule has 0 N–H and O–H groups in total. The maximum Gasteiger partial charge on any atom is 0.124 e. The van der Waals surface area contributed by atoms with Crippen LogP contribution in [0, 0.1) is 11.6 Å². The first-order valence-electron chi connectivity index (χ1n) is 50.8. The summed E-state index contributed by atoms with van der Waals surface area (Å²) in [6, 6.07) is 180. The molecule has 0 saturated carbocycles. The molecule has 0 spiro atoms. The minimum atomic E-state index is -0.213. The van der Waals surface area contributed by atoms with Gasteiger partial charge in [-0.1, -0.05) is 309 Å². The van der Waals surface area contributed by atoms with Crippen LogP contribution < -0.4 is 0 Å². The molecule has 150 heavy (non-hydrogen) atoms. The Bertz CT molecular complexity index is 11400. The van der Waals surface area contributed by atoms with E-state index in [1.165, 1.54) is 194 Å². The predicted molar refractivity (Wildman–Crippen MR) is 635 cm³/mol. The summed E-state index contributed by atoms with van der Waals surface area (Å²) in [5.74, 6) is -0.412. The van der Waals surface area contributed by atoms with Crippen LogP contribution in [-0.2, 0) is 0 Å². The molecule has 33 aromatic rings. The number of para-hydroxylation sites is 11. The fourth-order valence-corrected chi connectivity index (χ4v) is 28.2. The summed E-state index contributed by atoms with van der Waals surface area (Å²) in [6.07, 6.45) is 0. The molecule has 702 valence electrons. The molecule has 7 nitrogen and oxygen atoms in total. The van der Waals surface area contributed by atoms with E-state index in [4.69, 9.17) is 0 Å². The van der Waals surface area contributed by atoms with Gasteiger partial charge in [0, 0.05) is 176 Å². The maximum absolute atomic E-state index is 15.0. The first-order chi connectivity index (χ1) is 74.3. The molecule has 23 aromatic carbocycles. The van der Waals surface area contributed by atoms with Gasteiger partial charge in [-0.05, 0) is 222 Å². The van der Waals surface area contributed by atoms with Crippen LogP contribution in [0.15, 0.2) is 504 Å². The van der Waals surface area contributed by atoms with Gasteiger partial charge in [0.2, 0.25) is 0 Å². The van der Waals surface area contributed by atoms with Crippen molar-refractivity contribution < 1.29 is 8.78 Å². The summed E-state index contributed by atoms with van der Waals surface area (Å²) in [4.78, 5) is 0. The van der Waals surface area contributed by atoms with E-state index in [1.807, 2.05) is 29.5 Å². The molecule has 0 atom stereocenters. The Labute approximate surface area is 869 Å². The first-order valence-corrected chi connectivity index (χ1v) is 53.2. The molecule has 0 amide bonds. The van der Waals surface area contributed by atoms with Crippen LogP contribution in [-0.4, -0.2) is 32.0 Å². The van der Waals surface area contributed by atoms with Crippen molar-refractivity contribution in [3.05, 3.63) is 515 Å².